The molecule has 0 bridgehead atoms. The molecule has 5 heteroatoms. The summed E-state index contributed by atoms with van der Waals surface area (Å²) < 4.78 is 5.62. The van der Waals surface area contributed by atoms with Gasteiger partial charge in [0.2, 0.25) is 0 Å². The van der Waals surface area contributed by atoms with Gasteiger partial charge in [-0.15, -0.1) is 0 Å². The number of nitrogens with zero attached hydrogens (tertiary/aromatic N) is 2. The molecule has 0 radical (unpaired) electrons. The molecular weight excluding hydrogens is 266 g/mol. The van der Waals surface area contributed by atoms with Crippen molar-refractivity contribution in [2.24, 2.45) is 0 Å². The lowest BCUT2D eigenvalue weighted by Crippen LogP contribution is -2.27. The van der Waals surface area contributed by atoms with Crippen molar-refractivity contribution in [3.05, 3.63) is 53.6 Å². The van der Waals surface area contributed by atoms with Gasteiger partial charge in [0, 0.05) is 18.0 Å². The third-order valence-corrected chi connectivity index (χ3v) is 3.08. The summed E-state index contributed by atoms with van der Waals surface area (Å²) in [6, 6.07) is 5.76. The van der Waals surface area contributed by atoms with Gasteiger partial charge in [0.15, 0.2) is 0 Å². The van der Waals surface area contributed by atoms with E-state index in [9.17, 15) is 4.79 Å². The second-order valence-corrected chi connectivity index (χ2v) is 4.76. The van der Waals surface area contributed by atoms with Crippen molar-refractivity contribution in [3.63, 3.8) is 0 Å². The number of aromatic nitrogens is 2. The van der Waals surface area contributed by atoms with Gasteiger partial charge < -0.3 is 10.1 Å². The highest BCUT2D eigenvalue weighted by Crippen LogP contribution is 2.26. The molecule has 5 nitrogen and oxygen atoms in total. The van der Waals surface area contributed by atoms with Crippen LogP contribution in [0.2, 0.25) is 0 Å². The zero-order valence-electron chi connectivity index (χ0n) is 12.5. The predicted octanol–water partition coefficient (Wildman–Crippen LogP) is 2.67. The van der Waals surface area contributed by atoms with Crippen LogP contribution >= 0.6 is 0 Å². The first-order chi connectivity index (χ1) is 10.1. The number of carbonyl (C=O) groups excluding carboxylic acids is 1. The topological polar surface area (TPSA) is 64.1 Å². The van der Waals surface area contributed by atoms with Gasteiger partial charge >= 0.3 is 0 Å². The number of ether oxygens (including phenoxy) is 1. The van der Waals surface area contributed by atoms with Crippen molar-refractivity contribution in [3.8, 4) is 5.75 Å². The Morgan fingerprint density at radius 3 is 2.86 bits per heavy atom. The summed E-state index contributed by atoms with van der Waals surface area (Å²) in [6.45, 7) is 6.45. The van der Waals surface area contributed by atoms with Crippen LogP contribution in [-0.2, 0) is 0 Å². The van der Waals surface area contributed by atoms with Crippen LogP contribution in [-0.4, -0.2) is 22.5 Å². The van der Waals surface area contributed by atoms with Crippen LogP contribution in [0.3, 0.4) is 0 Å². The van der Waals surface area contributed by atoms with E-state index in [0.29, 0.717) is 12.3 Å². The van der Waals surface area contributed by atoms with E-state index in [2.05, 4.69) is 15.3 Å². The first-order valence-corrected chi connectivity index (χ1v) is 6.92. The Kier molecular flexibility index (Phi) is 4.87. The van der Waals surface area contributed by atoms with Gasteiger partial charge in [0.05, 0.1) is 18.8 Å². The molecule has 1 unspecified atom stereocenters. The lowest BCUT2D eigenvalue weighted by atomic mass is 10.0. The molecule has 2 rings (SSSR count). The molecule has 1 aromatic heterocycles. The fourth-order valence-corrected chi connectivity index (χ4v) is 2.06. The standard InChI is InChI=1S/C16H19N3O2/c1-4-21-15-6-5-11(2)9-13(15)12(3)19-16(20)14-10-17-7-8-18-14/h5-10,12H,4H2,1-3H3,(H,19,20). The highest BCUT2D eigenvalue weighted by molar-refractivity contribution is 5.92. The van der Waals surface area contributed by atoms with Gasteiger partial charge in [0.25, 0.3) is 5.91 Å². The second-order valence-electron chi connectivity index (χ2n) is 4.76. The maximum absolute atomic E-state index is 12.1. The average Bonchev–Trinajstić information content (AvgIpc) is 2.50. The molecule has 0 aliphatic rings. The molecule has 1 N–H and O–H groups in total. The minimum absolute atomic E-state index is 0.180. The Morgan fingerprint density at radius 2 is 2.19 bits per heavy atom. The highest BCUT2D eigenvalue weighted by atomic mass is 16.5. The Bertz CT molecular complexity index is 614. The fraction of sp³-hybridized carbons (Fsp3) is 0.312. The fourth-order valence-electron chi connectivity index (χ4n) is 2.06. The summed E-state index contributed by atoms with van der Waals surface area (Å²) in [5.74, 6) is 0.537. The molecule has 0 aliphatic heterocycles. The Balaban J connectivity index is 2.18. The van der Waals surface area contributed by atoms with E-state index in [-0.39, 0.29) is 11.9 Å². The monoisotopic (exact) mass is 285 g/mol. The largest absolute Gasteiger partial charge is 0.494 e. The SMILES string of the molecule is CCOc1ccc(C)cc1C(C)NC(=O)c1cnccn1. The smallest absolute Gasteiger partial charge is 0.271 e. The normalized spacial score (nSPS) is 11.8. The summed E-state index contributed by atoms with van der Waals surface area (Å²) >= 11 is 0. The Morgan fingerprint density at radius 1 is 1.38 bits per heavy atom. The number of carbonyl (C=O) groups is 1. The lowest BCUT2D eigenvalue weighted by Gasteiger charge is -2.18. The maximum atomic E-state index is 12.1. The van der Waals surface area contributed by atoms with Crippen molar-refractivity contribution < 1.29 is 9.53 Å². The molecule has 0 aliphatic carbocycles. The van der Waals surface area contributed by atoms with Gasteiger partial charge in [-0.2, -0.15) is 0 Å². The molecule has 0 saturated heterocycles. The summed E-state index contributed by atoms with van der Waals surface area (Å²) in [6.07, 6.45) is 4.48. The van der Waals surface area contributed by atoms with Gasteiger partial charge in [-0.25, -0.2) is 4.98 Å². The molecule has 0 fully saturated rings. The van der Waals surface area contributed by atoms with Crippen LogP contribution in [0.5, 0.6) is 5.75 Å². The van der Waals surface area contributed by atoms with Crippen LogP contribution in [0.25, 0.3) is 0 Å². The maximum Gasteiger partial charge on any atom is 0.271 e. The molecule has 1 atom stereocenters. The number of hydrogen-bond donors (Lipinski definition) is 1. The molecule has 0 spiro atoms. The first kappa shape index (κ1) is 15.0. The minimum Gasteiger partial charge on any atom is -0.494 e. The van der Waals surface area contributed by atoms with Gasteiger partial charge in [-0.05, 0) is 26.8 Å². The quantitative estimate of drug-likeness (QED) is 0.917. The van der Waals surface area contributed by atoms with Crippen molar-refractivity contribution in [1.82, 2.24) is 15.3 Å². The highest BCUT2D eigenvalue weighted by Gasteiger charge is 2.16. The molecule has 1 amide bonds. The lowest BCUT2D eigenvalue weighted by molar-refractivity contribution is 0.0934. The number of benzene rings is 1. The van der Waals surface area contributed by atoms with Crippen molar-refractivity contribution in [2.45, 2.75) is 26.8 Å². The molecule has 1 heterocycles. The average molecular weight is 285 g/mol. The van der Waals surface area contributed by atoms with Gasteiger partial charge in [-0.3, -0.25) is 9.78 Å². The Hall–Kier alpha value is -2.43. The number of hydrogen-bond acceptors (Lipinski definition) is 4. The molecule has 21 heavy (non-hydrogen) atoms. The van der Waals surface area contributed by atoms with Crippen LogP contribution in [0.1, 0.15) is 41.5 Å². The van der Waals surface area contributed by atoms with Gasteiger partial charge in [0.1, 0.15) is 11.4 Å². The number of aryl methyl sites for hydroxylation is 1. The molecule has 1 aromatic carbocycles. The Labute approximate surface area is 124 Å². The van der Waals surface area contributed by atoms with E-state index in [4.69, 9.17) is 4.74 Å². The summed E-state index contributed by atoms with van der Waals surface area (Å²) in [7, 11) is 0. The van der Waals surface area contributed by atoms with Crippen LogP contribution < -0.4 is 10.1 Å². The van der Waals surface area contributed by atoms with E-state index in [1.54, 1.807) is 0 Å². The molecule has 0 saturated carbocycles. The van der Waals surface area contributed by atoms with Crippen molar-refractivity contribution in [2.75, 3.05) is 6.61 Å². The minimum atomic E-state index is -0.250. The van der Waals surface area contributed by atoms with E-state index in [1.807, 2.05) is 39.0 Å². The summed E-state index contributed by atoms with van der Waals surface area (Å²) in [5, 5.41) is 2.92. The zero-order chi connectivity index (χ0) is 15.2. The van der Waals surface area contributed by atoms with Crippen molar-refractivity contribution in [1.29, 1.82) is 0 Å². The zero-order valence-corrected chi connectivity index (χ0v) is 12.5. The number of rotatable bonds is 5. The van der Waals surface area contributed by atoms with E-state index < -0.39 is 0 Å². The summed E-state index contributed by atoms with van der Waals surface area (Å²) in [5.41, 5.74) is 2.37. The number of amides is 1. The van der Waals surface area contributed by atoms with Crippen LogP contribution in [0.4, 0.5) is 0 Å². The van der Waals surface area contributed by atoms with Crippen molar-refractivity contribution >= 4 is 5.91 Å². The predicted molar refractivity (Wildman–Crippen MR) is 80.3 cm³/mol. The second kappa shape index (κ2) is 6.83. The third kappa shape index (κ3) is 3.78. The molecular formula is C16H19N3O2. The van der Waals surface area contributed by atoms with Gasteiger partial charge in [-0.1, -0.05) is 17.7 Å². The summed E-state index contributed by atoms with van der Waals surface area (Å²) in [4.78, 5) is 20.0. The van der Waals surface area contributed by atoms with E-state index in [0.717, 1.165) is 16.9 Å². The first-order valence-electron chi connectivity index (χ1n) is 6.92. The molecule has 110 valence electrons. The number of nitrogens with one attached hydrogen (secondary N) is 1. The van der Waals surface area contributed by atoms with E-state index in [1.165, 1.54) is 18.6 Å². The van der Waals surface area contributed by atoms with Crippen LogP contribution in [0, 0.1) is 6.92 Å². The van der Waals surface area contributed by atoms with Crippen LogP contribution in [0.15, 0.2) is 36.8 Å². The third-order valence-electron chi connectivity index (χ3n) is 3.08. The van der Waals surface area contributed by atoms with E-state index >= 15 is 0 Å². The molecule has 2 aromatic rings.